The molecule has 0 aliphatic heterocycles. The first-order valence-electron chi connectivity index (χ1n) is 5.79. The zero-order valence-electron chi connectivity index (χ0n) is 10.6. The third kappa shape index (κ3) is 3.34. The maximum absolute atomic E-state index is 13.5. The lowest BCUT2D eigenvalue weighted by Crippen LogP contribution is -2.24. The molecule has 0 atom stereocenters. The molecule has 0 fully saturated rings. The van der Waals surface area contributed by atoms with Gasteiger partial charge in [-0.1, -0.05) is 12.1 Å². The van der Waals surface area contributed by atoms with Crippen LogP contribution in [0.2, 0.25) is 0 Å². The van der Waals surface area contributed by atoms with E-state index in [2.05, 4.69) is 4.72 Å². The van der Waals surface area contributed by atoms with Gasteiger partial charge in [0.2, 0.25) is 10.0 Å². The van der Waals surface area contributed by atoms with Crippen molar-refractivity contribution in [2.75, 3.05) is 5.73 Å². The molecule has 0 radical (unpaired) electrons. The molecule has 0 saturated heterocycles. The normalized spacial score (nSPS) is 11.6. The van der Waals surface area contributed by atoms with Gasteiger partial charge in [0.25, 0.3) is 0 Å². The summed E-state index contributed by atoms with van der Waals surface area (Å²) in [5.74, 6) is -5.04. The molecule has 0 aromatic heterocycles. The van der Waals surface area contributed by atoms with Crippen LogP contribution in [0.15, 0.2) is 41.3 Å². The van der Waals surface area contributed by atoms with Gasteiger partial charge in [0.1, 0.15) is 4.90 Å². The van der Waals surface area contributed by atoms with Crippen molar-refractivity contribution < 1.29 is 21.6 Å². The van der Waals surface area contributed by atoms with Crippen molar-refractivity contribution in [1.29, 1.82) is 0 Å². The number of halogens is 3. The molecule has 0 spiro atoms. The van der Waals surface area contributed by atoms with Crippen molar-refractivity contribution >= 4 is 15.7 Å². The third-order valence-corrected chi connectivity index (χ3v) is 4.13. The monoisotopic (exact) mass is 316 g/mol. The van der Waals surface area contributed by atoms with E-state index in [0.29, 0.717) is 23.4 Å². The minimum absolute atomic E-state index is 0.161. The lowest BCUT2D eigenvalue weighted by Gasteiger charge is -2.09. The summed E-state index contributed by atoms with van der Waals surface area (Å²) in [5, 5.41) is 0. The fraction of sp³-hybridized carbons (Fsp3) is 0.0769. The topological polar surface area (TPSA) is 72.2 Å². The Morgan fingerprint density at radius 3 is 2.43 bits per heavy atom. The highest BCUT2D eigenvalue weighted by atomic mass is 32.2. The Morgan fingerprint density at radius 2 is 1.76 bits per heavy atom. The second-order valence-corrected chi connectivity index (χ2v) is 5.98. The predicted octanol–water partition coefficient (Wildman–Crippen LogP) is 2.16. The highest BCUT2D eigenvalue weighted by Gasteiger charge is 2.23. The number of nitrogens with one attached hydrogen (secondary N) is 1. The largest absolute Gasteiger partial charge is 0.399 e. The highest BCUT2D eigenvalue weighted by molar-refractivity contribution is 7.89. The molecule has 112 valence electrons. The third-order valence-electron chi connectivity index (χ3n) is 2.71. The van der Waals surface area contributed by atoms with Crippen LogP contribution in [-0.4, -0.2) is 8.42 Å². The van der Waals surface area contributed by atoms with Gasteiger partial charge in [-0.05, 0) is 29.8 Å². The highest BCUT2D eigenvalue weighted by Crippen LogP contribution is 2.19. The van der Waals surface area contributed by atoms with Crippen LogP contribution >= 0.6 is 0 Å². The van der Waals surface area contributed by atoms with Crippen molar-refractivity contribution in [2.24, 2.45) is 0 Å². The number of hydrogen-bond acceptors (Lipinski definition) is 3. The zero-order chi connectivity index (χ0) is 15.6. The maximum Gasteiger partial charge on any atom is 0.243 e. The lowest BCUT2D eigenvalue weighted by atomic mass is 10.2. The first kappa shape index (κ1) is 15.3. The van der Waals surface area contributed by atoms with Gasteiger partial charge in [0.05, 0.1) is 0 Å². The second kappa shape index (κ2) is 5.74. The molecule has 0 aliphatic carbocycles. The van der Waals surface area contributed by atoms with Crippen LogP contribution in [0.3, 0.4) is 0 Å². The fourth-order valence-corrected chi connectivity index (χ4v) is 2.76. The maximum atomic E-state index is 13.5. The zero-order valence-corrected chi connectivity index (χ0v) is 11.4. The van der Waals surface area contributed by atoms with Gasteiger partial charge in [0.15, 0.2) is 17.5 Å². The van der Waals surface area contributed by atoms with Crippen LogP contribution < -0.4 is 10.5 Å². The molecule has 3 N–H and O–H groups in total. The Kier molecular flexibility index (Phi) is 4.19. The molecule has 0 amide bonds. The van der Waals surface area contributed by atoms with E-state index in [0.717, 1.165) is 0 Å². The van der Waals surface area contributed by atoms with Gasteiger partial charge in [-0.15, -0.1) is 0 Å². The van der Waals surface area contributed by atoms with E-state index in [9.17, 15) is 21.6 Å². The molecule has 0 bridgehead atoms. The minimum Gasteiger partial charge on any atom is -0.399 e. The Balaban J connectivity index is 2.25. The number of hydrogen-bond donors (Lipinski definition) is 2. The van der Waals surface area contributed by atoms with Crippen molar-refractivity contribution in [1.82, 2.24) is 4.72 Å². The Labute approximate surface area is 119 Å². The number of benzene rings is 2. The van der Waals surface area contributed by atoms with E-state index in [1.54, 1.807) is 18.2 Å². The minimum atomic E-state index is -4.31. The lowest BCUT2D eigenvalue weighted by molar-refractivity contribution is 0.431. The SMILES string of the molecule is Nc1cccc(CNS(=O)(=O)c2ccc(F)c(F)c2F)c1. The van der Waals surface area contributed by atoms with Crippen LogP contribution in [-0.2, 0) is 16.6 Å². The first-order chi connectivity index (χ1) is 9.81. The van der Waals surface area contributed by atoms with Gasteiger partial charge in [0, 0.05) is 12.2 Å². The molecule has 21 heavy (non-hydrogen) atoms. The standard InChI is InChI=1S/C13H11F3N2O2S/c14-10-4-5-11(13(16)12(10)15)21(19,20)18-7-8-2-1-3-9(17)6-8/h1-6,18H,7,17H2. The summed E-state index contributed by atoms with van der Waals surface area (Å²) in [6, 6.07) is 7.59. The molecule has 4 nitrogen and oxygen atoms in total. The van der Waals surface area contributed by atoms with Crippen molar-refractivity contribution in [3.63, 3.8) is 0 Å². The van der Waals surface area contributed by atoms with Crippen molar-refractivity contribution in [3.8, 4) is 0 Å². The van der Waals surface area contributed by atoms with Crippen molar-refractivity contribution in [3.05, 3.63) is 59.4 Å². The molecular weight excluding hydrogens is 305 g/mol. The van der Waals surface area contributed by atoms with E-state index in [1.165, 1.54) is 6.07 Å². The van der Waals surface area contributed by atoms with Crippen molar-refractivity contribution in [2.45, 2.75) is 11.4 Å². The van der Waals surface area contributed by atoms with Gasteiger partial charge >= 0.3 is 0 Å². The summed E-state index contributed by atoms with van der Waals surface area (Å²) in [6.07, 6.45) is 0. The van der Waals surface area contributed by atoms with Gasteiger partial charge in [-0.2, -0.15) is 0 Å². The number of sulfonamides is 1. The predicted molar refractivity (Wildman–Crippen MR) is 71.2 cm³/mol. The Hall–Kier alpha value is -2.06. The quantitative estimate of drug-likeness (QED) is 0.671. The smallest absolute Gasteiger partial charge is 0.243 e. The van der Waals surface area contributed by atoms with E-state index >= 15 is 0 Å². The number of nitrogen functional groups attached to an aromatic ring is 1. The Bertz CT molecular complexity index is 779. The van der Waals surface area contributed by atoms with Crippen LogP contribution in [0.25, 0.3) is 0 Å². The number of anilines is 1. The molecule has 0 saturated carbocycles. The average molecular weight is 316 g/mol. The van der Waals surface area contributed by atoms with E-state index in [4.69, 9.17) is 5.73 Å². The molecular formula is C13H11F3N2O2S. The fourth-order valence-electron chi connectivity index (χ4n) is 1.67. The summed E-state index contributed by atoms with van der Waals surface area (Å²) in [5.41, 5.74) is 6.52. The molecule has 0 unspecified atom stereocenters. The first-order valence-corrected chi connectivity index (χ1v) is 7.27. The van der Waals surface area contributed by atoms with Crippen LogP contribution in [0, 0.1) is 17.5 Å². The summed E-state index contributed by atoms with van der Waals surface area (Å²) in [4.78, 5) is -0.953. The number of nitrogens with two attached hydrogens (primary N) is 1. The summed E-state index contributed by atoms with van der Waals surface area (Å²) >= 11 is 0. The molecule has 0 aliphatic rings. The second-order valence-electron chi connectivity index (χ2n) is 4.24. The summed E-state index contributed by atoms with van der Waals surface area (Å²) < 4.78 is 65.3. The molecule has 0 heterocycles. The van der Waals surface area contributed by atoms with Crippen LogP contribution in [0.1, 0.15) is 5.56 Å². The van der Waals surface area contributed by atoms with Gasteiger partial charge < -0.3 is 5.73 Å². The van der Waals surface area contributed by atoms with Gasteiger partial charge in [-0.25, -0.2) is 26.3 Å². The van der Waals surface area contributed by atoms with E-state index in [1.807, 2.05) is 0 Å². The molecule has 8 heteroatoms. The number of rotatable bonds is 4. The molecule has 2 aromatic carbocycles. The average Bonchev–Trinajstić information content (AvgIpc) is 2.43. The van der Waals surface area contributed by atoms with Gasteiger partial charge in [-0.3, -0.25) is 0 Å². The molecule has 2 aromatic rings. The summed E-state index contributed by atoms with van der Waals surface area (Å²) in [6.45, 7) is -0.161. The molecule has 2 rings (SSSR count). The van der Waals surface area contributed by atoms with Crippen LogP contribution in [0.5, 0.6) is 0 Å². The van der Waals surface area contributed by atoms with E-state index in [-0.39, 0.29) is 6.54 Å². The summed E-state index contributed by atoms with van der Waals surface area (Å²) in [7, 11) is -4.31. The Morgan fingerprint density at radius 1 is 1.05 bits per heavy atom. The van der Waals surface area contributed by atoms with E-state index < -0.39 is 32.4 Å². The van der Waals surface area contributed by atoms with Crippen LogP contribution in [0.4, 0.5) is 18.9 Å².